The maximum absolute atomic E-state index is 12.4. The SMILES string of the molecule is CCOC(=O)C(OCOC)P(=O)(OCC)OCC. The molecule has 0 fully saturated rings. The van der Waals surface area contributed by atoms with E-state index < -0.39 is 19.4 Å². The quantitative estimate of drug-likeness (QED) is 0.343. The molecule has 0 aromatic rings. The van der Waals surface area contributed by atoms with Crippen LogP contribution in [0.3, 0.4) is 0 Å². The van der Waals surface area contributed by atoms with E-state index in [1.807, 2.05) is 0 Å². The van der Waals surface area contributed by atoms with Crippen LogP contribution in [0.15, 0.2) is 0 Å². The van der Waals surface area contributed by atoms with Crippen molar-refractivity contribution >= 4 is 13.6 Å². The van der Waals surface area contributed by atoms with Crippen molar-refractivity contribution < 1.29 is 32.6 Å². The highest BCUT2D eigenvalue weighted by Gasteiger charge is 2.43. The van der Waals surface area contributed by atoms with Crippen molar-refractivity contribution in [2.75, 3.05) is 33.7 Å². The molecular formula is C10H21O7P. The molecule has 0 aliphatic heterocycles. The van der Waals surface area contributed by atoms with E-state index in [1.165, 1.54) is 7.11 Å². The third kappa shape index (κ3) is 5.46. The summed E-state index contributed by atoms with van der Waals surface area (Å²) in [5.74, 6) is -2.22. The van der Waals surface area contributed by atoms with Crippen molar-refractivity contribution in [3.8, 4) is 0 Å². The van der Waals surface area contributed by atoms with Gasteiger partial charge >= 0.3 is 13.6 Å². The molecule has 1 unspecified atom stereocenters. The monoisotopic (exact) mass is 284 g/mol. The average Bonchev–Trinajstić information content (AvgIpc) is 2.30. The Bertz CT molecular complexity index is 271. The predicted molar refractivity (Wildman–Crippen MR) is 64.2 cm³/mol. The zero-order valence-corrected chi connectivity index (χ0v) is 12.1. The largest absolute Gasteiger partial charge is 0.464 e. The van der Waals surface area contributed by atoms with Gasteiger partial charge in [-0.3, -0.25) is 4.57 Å². The second-order valence-electron chi connectivity index (χ2n) is 3.05. The zero-order chi connectivity index (χ0) is 14.0. The Morgan fingerprint density at radius 1 is 1.11 bits per heavy atom. The first-order valence-corrected chi connectivity index (χ1v) is 7.32. The minimum atomic E-state index is -3.72. The number of carbonyl (C=O) groups excluding carboxylic acids is 1. The lowest BCUT2D eigenvalue weighted by atomic mass is 10.7. The van der Waals surface area contributed by atoms with Gasteiger partial charge in [0.1, 0.15) is 6.79 Å². The van der Waals surface area contributed by atoms with Gasteiger partial charge in [0, 0.05) is 7.11 Å². The van der Waals surface area contributed by atoms with E-state index in [9.17, 15) is 9.36 Å². The summed E-state index contributed by atoms with van der Waals surface area (Å²) in [6.07, 6.45) is 0. The number of methoxy groups -OCH3 is 1. The third-order valence-electron chi connectivity index (χ3n) is 1.74. The highest BCUT2D eigenvalue weighted by Crippen LogP contribution is 2.53. The standard InChI is InChI=1S/C10H21O7P/c1-5-14-9(11)10(15-8-13-4)18(12,16-6-2)17-7-3/h10H,5-8H2,1-4H3. The molecule has 0 saturated carbocycles. The van der Waals surface area contributed by atoms with Crippen LogP contribution in [-0.4, -0.2) is 45.5 Å². The van der Waals surface area contributed by atoms with Crippen LogP contribution in [0.4, 0.5) is 0 Å². The number of esters is 1. The van der Waals surface area contributed by atoms with Gasteiger partial charge in [0.2, 0.25) is 0 Å². The first kappa shape index (κ1) is 17.5. The van der Waals surface area contributed by atoms with Crippen LogP contribution in [-0.2, 0) is 32.6 Å². The highest BCUT2D eigenvalue weighted by molar-refractivity contribution is 7.55. The average molecular weight is 284 g/mol. The summed E-state index contributed by atoms with van der Waals surface area (Å²) in [5.41, 5.74) is 0. The Morgan fingerprint density at radius 3 is 2.06 bits per heavy atom. The van der Waals surface area contributed by atoms with Gasteiger partial charge in [-0.05, 0) is 20.8 Å². The molecule has 0 radical (unpaired) electrons. The molecule has 0 aromatic carbocycles. The molecular weight excluding hydrogens is 263 g/mol. The van der Waals surface area contributed by atoms with Crippen molar-refractivity contribution in [2.45, 2.75) is 26.6 Å². The first-order valence-electron chi connectivity index (χ1n) is 5.71. The summed E-state index contributed by atoms with van der Waals surface area (Å²) < 4.78 is 37.1. The van der Waals surface area contributed by atoms with E-state index in [4.69, 9.17) is 18.5 Å². The molecule has 0 spiro atoms. The highest BCUT2D eigenvalue weighted by atomic mass is 31.2. The lowest BCUT2D eigenvalue weighted by molar-refractivity contribution is -0.158. The third-order valence-corrected chi connectivity index (χ3v) is 3.91. The van der Waals surface area contributed by atoms with Crippen LogP contribution in [0.25, 0.3) is 0 Å². The number of ether oxygens (including phenoxy) is 3. The maximum atomic E-state index is 12.4. The van der Waals surface area contributed by atoms with Gasteiger partial charge in [0.05, 0.1) is 19.8 Å². The summed E-state index contributed by atoms with van der Waals surface area (Å²) in [6.45, 7) is 5.11. The molecule has 8 heteroatoms. The lowest BCUT2D eigenvalue weighted by Crippen LogP contribution is -2.29. The summed E-state index contributed by atoms with van der Waals surface area (Å²) in [5, 5.41) is 0. The van der Waals surface area contributed by atoms with E-state index in [0.29, 0.717) is 0 Å². The normalized spacial score (nSPS) is 13.3. The van der Waals surface area contributed by atoms with Crippen LogP contribution in [0.5, 0.6) is 0 Å². The van der Waals surface area contributed by atoms with Crippen molar-refractivity contribution in [1.82, 2.24) is 0 Å². The number of carbonyl (C=O) groups is 1. The Kier molecular flexibility index (Phi) is 9.23. The Hall–Kier alpha value is -0.460. The molecule has 0 heterocycles. The molecule has 0 aliphatic carbocycles. The van der Waals surface area contributed by atoms with E-state index in [-0.39, 0.29) is 26.6 Å². The number of hydrogen-bond donors (Lipinski definition) is 0. The van der Waals surface area contributed by atoms with E-state index in [2.05, 4.69) is 4.74 Å². The van der Waals surface area contributed by atoms with Gasteiger partial charge in [0.15, 0.2) is 0 Å². The molecule has 0 rings (SSSR count). The predicted octanol–water partition coefficient (Wildman–Crippen LogP) is 1.76. The Morgan fingerprint density at radius 2 is 1.67 bits per heavy atom. The first-order chi connectivity index (χ1) is 8.55. The van der Waals surface area contributed by atoms with Gasteiger partial charge in [-0.15, -0.1) is 0 Å². The Labute approximate surface area is 107 Å². The molecule has 0 N–H and O–H groups in total. The maximum Gasteiger partial charge on any atom is 0.370 e. The molecule has 1 atom stereocenters. The second kappa shape index (κ2) is 9.47. The van der Waals surface area contributed by atoms with Gasteiger partial charge in [-0.25, -0.2) is 4.79 Å². The smallest absolute Gasteiger partial charge is 0.370 e. The molecule has 0 amide bonds. The van der Waals surface area contributed by atoms with Crippen molar-refractivity contribution in [1.29, 1.82) is 0 Å². The molecule has 0 aromatic heterocycles. The molecule has 108 valence electrons. The lowest BCUT2D eigenvalue weighted by Gasteiger charge is -2.24. The van der Waals surface area contributed by atoms with Crippen LogP contribution in [0.1, 0.15) is 20.8 Å². The topological polar surface area (TPSA) is 80.3 Å². The molecule has 0 saturated heterocycles. The molecule has 18 heavy (non-hydrogen) atoms. The van der Waals surface area contributed by atoms with E-state index in [1.54, 1.807) is 20.8 Å². The molecule has 0 bridgehead atoms. The summed E-state index contributed by atoms with van der Waals surface area (Å²) >= 11 is 0. The number of hydrogen-bond acceptors (Lipinski definition) is 7. The van der Waals surface area contributed by atoms with Crippen molar-refractivity contribution in [3.63, 3.8) is 0 Å². The van der Waals surface area contributed by atoms with Crippen LogP contribution >= 0.6 is 7.60 Å². The summed E-state index contributed by atoms with van der Waals surface area (Å²) in [4.78, 5) is 11.7. The van der Waals surface area contributed by atoms with Crippen LogP contribution < -0.4 is 0 Å². The zero-order valence-electron chi connectivity index (χ0n) is 11.2. The van der Waals surface area contributed by atoms with Gasteiger partial charge in [-0.1, -0.05) is 0 Å². The molecule has 0 aliphatic rings. The van der Waals surface area contributed by atoms with Gasteiger partial charge in [0.25, 0.3) is 5.85 Å². The minimum Gasteiger partial charge on any atom is -0.464 e. The summed E-state index contributed by atoms with van der Waals surface area (Å²) in [7, 11) is -2.34. The fourth-order valence-electron chi connectivity index (χ4n) is 1.17. The molecule has 7 nitrogen and oxygen atoms in total. The van der Waals surface area contributed by atoms with E-state index in [0.717, 1.165) is 0 Å². The summed E-state index contributed by atoms with van der Waals surface area (Å²) in [6, 6.07) is 0. The van der Waals surface area contributed by atoms with E-state index >= 15 is 0 Å². The fraction of sp³-hybridized carbons (Fsp3) is 0.900. The second-order valence-corrected chi connectivity index (χ2v) is 5.12. The minimum absolute atomic E-state index is 0.128. The number of rotatable bonds is 10. The van der Waals surface area contributed by atoms with Crippen molar-refractivity contribution in [2.24, 2.45) is 0 Å². The van der Waals surface area contributed by atoms with Gasteiger partial charge in [-0.2, -0.15) is 0 Å². The Balaban J connectivity index is 4.96. The van der Waals surface area contributed by atoms with Crippen LogP contribution in [0.2, 0.25) is 0 Å². The van der Waals surface area contributed by atoms with Gasteiger partial charge < -0.3 is 23.3 Å². The fourth-order valence-corrected chi connectivity index (χ4v) is 2.81. The van der Waals surface area contributed by atoms with Crippen LogP contribution in [0, 0.1) is 0 Å². The van der Waals surface area contributed by atoms with Crippen molar-refractivity contribution in [3.05, 3.63) is 0 Å².